The van der Waals surface area contributed by atoms with Gasteiger partial charge in [0.1, 0.15) is 12.4 Å². The minimum atomic E-state index is -0.892. The van der Waals surface area contributed by atoms with Gasteiger partial charge in [0.2, 0.25) is 0 Å². The van der Waals surface area contributed by atoms with Gasteiger partial charge in [0, 0.05) is 29.5 Å². The molecule has 36 heavy (non-hydrogen) atoms. The largest absolute Gasteiger partial charge is 0.491 e. The van der Waals surface area contributed by atoms with Gasteiger partial charge in [0.05, 0.1) is 12.7 Å². The molecule has 0 heterocycles. The quantitative estimate of drug-likeness (QED) is 0.133. The topological polar surface area (TPSA) is 143 Å². The van der Waals surface area contributed by atoms with Crippen molar-refractivity contribution < 1.29 is 38.9 Å². The van der Waals surface area contributed by atoms with Crippen molar-refractivity contribution in [3.8, 4) is 5.75 Å². The number of anilines is 1. The van der Waals surface area contributed by atoms with Crippen molar-refractivity contribution in [1.82, 2.24) is 5.48 Å². The fourth-order valence-electron chi connectivity index (χ4n) is 3.42. The molecule has 0 saturated heterocycles. The molecule has 194 valence electrons. The van der Waals surface area contributed by atoms with Gasteiger partial charge in [-0.3, -0.25) is 20.1 Å². The van der Waals surface area contributed by atoms with E-state index in [4.69, 9.17) is 19.4 Å². The van der Waals surface area contributed by atoms with E-state index in [1.54, 1.807) is 54.6 Å². The number of hydroxylamine groups is 1. The van der Waals surface area contributed by atoms with Crippen LogP contribution in [0.25, 0.3) is 0 Å². The van der Waals surface area contributed by atoms with Crippen LogP contribution >= 0.6 is 0 Å². The molecule has 0 bridgehead atoms. The molecule has 2 aromatic carbocycles. The molecule has 0 fully saturated rings. The first kappa shape index (κ1) is 28.5. The lowest BCUT2D eigenvalue weighted by atomic mass is 9.99. The number of hydrogen-bond acceptors (Lipinski definition) is 8. The molecular formula is C26H32N2O8. The Labute approximate surface area is 209 Å². The van der Waals surface area contributed by atoms with E-state index in [1.165, 1.54) is 18.5 Å². The highest BCUT2D eigenvalue weighted by molar-refractivity contribution is 5.95. The highest BCUT2D eigenvalue weighted by Crippen LogP contribution is 2.34. The van der Waals surface area contributed by atoms with Gasteiger partial charge in [0.25, 0.3) is 5.91 Å². The first-order valence-corrected chi connectivity index (χ1v) is 11.5. The van der Waals surface area contributed by atoms with Crippen molar-refractivity contribution in [2.75, 3.05) is 25.1 Å². The Hall–Kier alpha value is -3.73. The molecule has 0 spiro atoms. The maximum Gasteiger partial charge on any atom is 0.412 e. The number of ether oxygens (including phenoxy) is 3. The third-order valence-electron chi connectivity index (χ3n) is 5.06. The Morgan fingerprint density at radius 1 is 1.08 bits per heavy atom. The summed E-state index contributed by atoms with van der Waals surface area (Å²) in [6.07, 6.45) is 1.29. The van der Waals surface area contributed by atoms with E-state index in [0.717, 1.165) is 0 Å². The fraction of sp³-hybridized carbons (Fsp3) is 0.346. The summed E-state index contributed by atoms with van der Waals surface area (Å²) in [5, 5.41) is 20.5. The predicted octanol–water partition coefficient (Wildman–Crippen LogP) is 3.80. The van der Waals surface area contributed by atoms with Crippen LogP contribution in [-0.4, -0.2) is 54.0 Å². The third-order valence-corrected chi connectivity index (χ3v) is 5.06. The number of aliphatic hydroxyl groups is 1. The monoisotopic (exact) mass is 500 g/mol. The number of allylic oxidation sites excluding steroid dienone is 1. The van der Waals surface area contributed by atoms with E-state index < -0.39 is 24.2 Å². The number of benzene rings is 2. The molecule has 2 aromatic rings. The SMILES string of the molecule is CCO[C@H](CC/C=C/C(=O)NO)[C@H](OC(=O)Nc1ccc(C(C)=O)cc1)c1ccccc1OCCO. The van der Waals surface area contributed by atoms with Gasteiger partial charge in [-0.1, -0.05) is 24.3 Å². The lowest BCUT2D eigenvalue weighted by Gasteiger charge is -2.28. The highest BCUT2D eigenvalue weighted by atomic mass is 16.6. The summed E-state index contributed by atoms with van der Waals surface area (Å²) in [5.74, 6) is -0.322. The number of ketones is 1. The number of Topliss-reactive ketones (excluding diaryl/α,β-unsaturated/α-hetero) is 1. The van der Waals surface area contributed by atoms with Crippen LogP contribution in [0.4, 0.5) is 10.5 Å². The van der Waals surface area contributed by atoms with E-state index in [9.17, 15) is 19.5 Å². The molecule has 0 radical (unpaired) electrons. The second kappa shape index (κ2) is 15.3. The summed E-state index contributed by atoms with van der Waals surface area (Å²) in [6.45, 7) is 3.46. The second-order valence-electron chi connectivity index (χ2n) is 7.64. The smallest absolute Gasteiger partial charge is 0.412 e. The molecular weight excluding hydrogens is 468 g/mol. The van der Waals surface area contributed by atoms with Crippen LogP contribution in [0.1, 0.15) is 48.7 Å². The molecule has 2 atom stereocenters. The van der Waals surface area contributed by atoms with Gasteiger partial charge < -0.3 is 19.3 Å². The van der Waals surface area contributed by atoms with Crippen LogP contribution in [0.15, 0.2) is 60.7 Å². The normalized spacial score (nSPS) is 12.6. The van der Waals surface area contributed by atoms with Crippen LogP contribution in [0.2, 0.25) is 0 Å². The molecule has 2 rings (SSSR count). The average Bonchev–Trinajstić information content (AvgIpc) is 2.88. The number of hydrogen-bond donors (Lipinski definition) is 4. The van der Waals surface area contributed by atoms with Crippen molar-refractivity contribution in [3.05, 3.63) is 71.8 Å². The van der Waals surface area contributed by atoms with Crippen molar-refractivity contribution in [2.24, 2.45) is 0 Å². The van der Waals surface area contributed by atoms with E-state index in [-0.39, 0.29) is 19.0 Å². The van der Waals surface area contributed by atoms with E-state index in [2.05, 4.69) is 5.32 Å². The molecule has 0 unspecified atom stereocenters. The van der Waals surface area contributed by atoms with Crippen LogP contribution in [0, 0.1) is 0 Å². The van der Waals surface area contributed by atoms with Crippen molar-refractivity contribution >= 4 is 23.5 Å². The zero-order valence-corrected chi connectivity index (χ0v) is 20.3. The summed E-state index contributed by atoms with van der Waals surface area (Å²) in [7, 11) is 0. The van der Waals surface area contributed by atoms with Gasteiger partial charge in [0.15, 0.2) is 11.9 Å². The molecule has 0 aliphatic carbocycles. The fourth-order valence-corrected chi connectivity index (χ4v) is 3.42. The van der Waals surface area contributed by atoms with Crippen LogP contribution in [0.3, 0.4) is 0 Å². The summed E-state index contributed by atoms with van der Waals surface area (Å²) < 4.78 is 17.4. The highest BCUT2D eigenvalue weighted by Gasteiger charge is 2.30. The van der Waals surface area contributed by atoms with Crippen molar-refractivity contribution in [2.45, 2.75) is 38.9 Å². The number of amides is 2. The molecule has 0 aliphatic heterocycles. The van der Waals surface area contributed by atoms with E-state index in [0.29, 0.717) is 42.0 Å². The first-order valence-electron chi connectivity index (χ1n) is 11.5. The first-order chi connectivity index (χ1) is 17.4. The van der Waals surface area contributed by atoms with E-state index >= 15 is 0 Å². The minimum Gasteiger partial charge on any atom is -0.491 e. The van der Waals surface area contributed by atoms with Crippen LogP contribution in [-0.2, 0) is 14.3 Å². The number of nitrogens with one attached hydrogen (secondary N) is 2. The summed E-state index contributed by atoms with van der Waals surface area (Å²) in [6, 6.07) is 13.4. The van der Waals surface area contributed by atoms with Crippen LogP contribution in [0.5, 0.6) is 5.75 Å². The van der Waals surface area contributed by atoms with E-state index in [1.807, 2.05) is 6.92 Å². The standard InChI is InChI=1S/C26H32N2O8/c1-3-34-23(10-6-7-11-24(31)28-33)25(21-8-4-5-9-22(21)35-17-16-29)36-26(32)27-20-14-12-19(13-15-20)18(2)30/h4-5,7-9,11-15,23,25,29,33H,3,6,10,16-17H2,1-2H3,(H,27,32)(H,28,31)/b11-7+/t23-,25-/m1/s1. The van der Waals surface area contributed by atoms with Crippen molar-refractivity contribution in [1.29, 1.82) is 0 Å². The van der Waals surface area contributed by atoms with Gasteiger partial charge in [-0.25, -0.2) is 10.3 Å². The summed E-state index contributed by atoms with van der Waals surface area (Å²) >= 11 is 0. The summed E-state index contributed by atoms with van der Waals surface area (Å²) in [5.41, 5.74) is 3.03. The number of rotatable bonds is 14. The molecule has 2 amide bonds. The summed E-state index contributed by atoms with van der Waals surface area (Å²) in [4.78, 5) is 35.6. The molecule has 0 aromatic heterocycles. The van der Waals surface area contributed by atoms with Crippen molar-refractivity contribution in [3.63, 3.8) is 0 Å². The number of para-hydroxylation sites is 1. The predicted molar refractivity (Wildman–Crippen MR) is 132 cm³/mol. The molecule has 10 nitrogen and oxygen atoms in total. The molecule has 4 N–H and O–H groups in total. The van der Waals surface area contributed by atoms with Gasteiger partial charge >= 0.3 is 6.09 Å². The Kier molecular flexibility index (Phi) is 12.1. The zero-order chi connectivity index (χ0) is 26.3. The number of carbonyl (C=O) groups is 3. The molecule has 10 heteroatoms. The Morgan fingerprint density at radius 2 is 1.81 bits per heavy atom. The minimum absolute atomic E-state index is 0.0523. The maximum absolute atomic E-state index is 12.9. The number of carbonyl (C=O) groups excluding carboxylic acids is 3. The van der Waals surface area contributed by atoms with Gasteiger partial charge in [-0.05, 0) is 57.0 Å². The third kappa shape index (κ3) is 9.14. The van der Waals surface area contributed by atoms with Gasteiger partial charge in [-0.2, -0.15) is 0 Å². The Balaban J connectivity index is 2.29. The zero-order valence-electron chi connectivity index (χ0n) is 20.3. The Morgan fingerprint density at radius 3 is 2.44 bits per heavy atom. The molecule has 0 aliphatic rings. The Bertz CT molecular complexity index is 1020. The van der Waals surface area contributed by atoms with Gasteiger partial charge in [-0.15, -0.1) is 0 Å². The molecule has 0 saturated carbocycles. The lowest BCUT2D eigenvalue weighted by molar-refractivity contribution is -0.124. The maximum atomic E-state index is 12.9. The van der Waals surface area contributed by atoms with Crippen LogP contribution < -0.4 is 15.5 Å². The second-order valence-corrected chi connectivity index (χ2v) is 7.64. The average molecular weight is 501 g/mol. The lowest BCUT2D eigenvalue weighted by Crippen LogP contribution is -2.29. The number of aliphatic hydroxyl groups excluding tert-OH is 1.